The van der Waals surface area contributed by atoms with E-state index in [1.54, 1.807) is 13.4 Å². The van der Waals surface area contributed by atoms with Crippen LogP contribution in [0.5, 0.6) is 0 Å². The zero-order valence-electron chi connectivity index (χ0n) is 11.8. The van der Waals surface area contributed by atoms with E-state index in [0.717, 1.165) is 36.8 Å². The normalized spacial score (nSPS) is 10.5. The number of nitrogens with zero attached hydrogens (tertiary/aromatic N) is 2. The third-order valence-corrected chi connectivity index (χ3v) is 2.69. The molecule has 0 fully saturated rings. The number of rotatable bonds is 8. The van der Waals surface area contributed by atoms with E-state index in [0.29, 0.717) is 12.5 Å². The van der Waals surface area contributed by atoms with Crippen LogP contribution in [0.25, 0.3) is 0 Å². The van der Waals surface area contributed by atoms with Crippen molar-refractivity contribution in [2.75, 3.05) is 30.9 Å². The summed E-state index contributed by atoms with van der Waals surface area (Å²) in [6, 6.07) is 5.69. The first kappa shape index (κ1) is 14.3. The van der Waals surface area contributed by atoms with E-state index in [-0.39, 0.29) is 0 Å². The molecule has 2 N–H and O–H groups in total. The second-order valence-electron chi connectivity index (χ2n) is 4.42. The molecule has 108 valence electrons. The molecule has 0 aliphatic carbocycles. The van der Waals surface area contributed by atoms with Gasteiger partial charge in [-0.15, -0.1) is 0 Å². The van der Waals surface area contributed by atoms with Crippen molar-refractivity contribution in [1.82, 2.24) is 9.97 Å². The molecule has 20 heavy (non-hydrogen) atoms. The predicted octanol–water partition coefficient (Wildman–Crippen LogP) is 2.44. The summed E-state index contributed by atoms with van der Waals surface area (Å²) >= 11 is 0. The van der Waals surface area contributed by atoms with Crippen LogP contribution in [0.1, 0.15) is 17.9 Å². The van der Waals surface area contributed by atoms with Gasteiger partial charge in [-0.25, -0.2) is 4.98 Å². The minimum Gasteiger partial charge on any atom is -0.467 e. The molecular formula is C14H20N4O2. The lowest BCUT2D eigenvalue weighted by molar-refractivity contribution is 0.198. The lowest BCUT2D eigenvalue weighted by Crippen LogP contribution is -2.09. The number of furan rings is 1. The topological polar surface area (TPSA) is 72.2 Å². The minimum absolute atomic E-state index is 0.569. The molecule has 2 rings (SSSR count). The van der Waals surface area contributed by atoms with Crippen LogP contribution in [0.4, 0.5) is 11.8 Å². The molecular weight excluding hydrogens is 256 g/mol. The van der Waals surface area contributed by atoms with Crippen LogP contribution in [0.15, 0.2) is 28.9 Å². The maximum absolute atomic E-state index is 5.26. The smallest absolute Gasteiger partial charge is 0.225 e. The van der Waals surface area contributed by atoms with Gasteiger partial charge >= 0.3 is 0 Å². The highest BCUT2D eigenvalue weighted by molar-refractivity contribution is 5.42. The van der Waals surface area contributed by atoms with Crippen molar-refractivity contribution in [3.8, 4) is 0 Å². The lowest BCUT2D eigenvalue weighted by atomic mass is 10.4. The first-order valence-corrected chi connectivity index (χ1v) is 6.62. The van der Waals surface area contributed by atoms with Gasteiger partial charge in [0.05, 0.1) is 12.8 Å². The fraction of sp³-hybridized carbons (Fsp3) is 0.429. The Bertz CT molecular complexity index is 514. The molecule has 0 atom stereocenters. The SMILES string of the molecule is COCCCNc1cc(C)nc(NCc2ccco2)n1. The van der Waals surface area contributed by atoms with Crippen LogP contribution in [0.3, 0.4) is 0 Å². The number of anilines is 2. The maximum Gasteiger partial charge on any atom is 0.225 e. The van der Waals surface area contributed by atoms with Gasteiger partial charge in [0, 0.05) is 32.0 Å². The summed E-state index contributed by atoms with van der Waals surface area (Å²) in [5, 5.41) is 6.41. The van der Waals surface area contributed by atoms with Gasteiger partial charge in [-0.05, 0) is 25.5 Å². The molecule has 6 nitrogen and oxygen atoms in total. The molecule has 0 saturated carbocycles. The van der Waals surface area contributed by atoms with Gasteiger partial charge in [-0.2, -0.15) is 4.98 Å². The van der Waals surface area contributed by atoms with Gasteiger partial charge in [0.1, 0.15) is 11.6 Å². The van der Waals surface area contributed by atoms with Gasteiger partial charge in [-0.1, -0.05) is 0 Å². The number of nitrogens with one attached hydrogen (secondary N) is 2. The molecule has 0 aromatic carbocycles. The second-order valence-corrected chi connectivity index (χ2v) is 4.42. The summed E-state index contributed by atoms with van der Waals surface area (Å²) in [5.74, 6) is 2.26. The Labute approximate surface area is 118 Å². The minimum atomic E-state index is 0.569. The molecule has 0 amide bonds. The molecule has 0 spiro atoms. The summed E-state index contributed by atoms with van der Waals surface area (Å²) in [5.41, 5.74) is 0.913. The van der Waals surface area contributed by atoms with Crippen LogP contribution in [0.2, 0.25) is 0 Å². The average molecular weight is 276 g/mol. The molecule has 2 heterocycles. The van der Waals surface area contributed by atoms with Gasteiger partial charge in [0.25, 0.3) is 0 Å². The maximum atomic E-state index is 5.26. The Hall–Kier alpha value is -2.08. The summed E-state index contributed by atoms with van der Waals surface area (Å²) in [6.45, 7) is 4.07. The van der Waals surface area contributed by atoms with Crippen LogP contribution in [-0.2, 0) is 11.3 Å². The van der Waals surface area contributed by atoms with E-state index in [9.17, 15) is 0 Å². The second kappa shape index (κ2) is 7.49. The summed E-state index contributed by atoms with van der Waals surface area (Å²) < 4.78 is 10.3. The third-order valence-electron chi connectivity index (χ3n) is 2.69. The molecule has 0 radical (unpaired) electrons. The van der Waals surface area contributed by atoms with E-state index in [1.165, 1.54) is 0 Å². The van der Waals surface area contributed by atoms with Crippen LogP contribution >= 0.6 is 0 Å². The van der Waals surface area contributed by atoms with Gasteiger partial charge in [0.2, 0.25) is 5.95 Å². The number of hydrogen-bond donors (Lipinski definition) is 2. The van der Waals surface area contributed by atoms with E-state index in [1.807, 2.05) is 25.1 Å². The van der Waals surface area contributed by atoms with E-state index in [4.69, 9.17) is 9.15 Å². The van der Waals surface area contributed by atoms with Crippen molar-refractivity contribution in [3.63, 3.8) is 0 Å². The van der Waals surface area contributed by atoms with Crippen molar-refractivity contribution < 1.29 is 9.15 Å². The molecule has 0 aliphatic heterocycles. The first-order chi connectivity index (χ1) is 9.78. The predicted molar refractivity (Wildman–Crippen MR) is 77.8 cm³/mol. The zero-order chi connectivity index (χ0) is 14.2. The highest BCUT2D eigenvalue weighted by Crippen LogP contribution is 2.11. The van der Waals surface area contributed by atoms with Crippen molar-refractivity contribution in [2.45, 2.75) is 19.9 Å². The van der Waals surface area contributed by atoms with Crippen LogP contribution in [0, 0.1) is 6.92 Å². The number of ether oxygens (including phenoxy) is 1. The molecule has 0 aliphatic rings. The average Bonchev–Trinajstić information content (AvgIpc) is 2.94. The highest BCUT2D eigenvalue weighted by Gasteiger charge is 2.03. The number of aryl methyl sites for hydroxylation is 1. The zero-order valence-corrected chi connectivity index (χ0v) is 11.8. The molecule has 0 saturated heterocycles. The Morgan fingerprint density at radius 1 is 1.30 bits per heavy atom. The number of aromatic nitrogens is 2. The molecule has 0 bridgehead atoms. The molecule has 6 heteroatoms. The standard InChI is InChI=1S/C14H20N4O2/c1-11-9-13(15-6-4-7-19-2)18-14(17-11)16-10-12-5-3-8-20-12/h3,5,8-9H,4,6-7,10H2,1-2H3,(H2,15,16,17,18). The Morgan fingerprint density at radius 2 is 2.20 bits per heavy atom. The van der Waals surface area contributed by atoms with Crippen LogP contribution in [-0.4, -0.2) is 30.2 Å². The van der Waals surface area contributed by atoms with Crippen molar-refractivity contribution in [3.05, 3.63) is 35.9 Å². The highest BCUT2D eigenvalue weighted by atomic mass is 16.5. The number of hydrogen-bond acceptors (Lipinski definition) is 6. The molecule has 2 aromatic rings. The van der Waals surface area contributed by atoms with E-state index < -0.39 is 0 Å². The first-order valence-electron chi connectivity index (χ1n) is 6.62. The number of methoxy groups -OCH3 is 1. The fourth-order valence-corrected chi connectivity index (χ4v) is 1.75. The Kier molecular flexibility index (Phi) is 5.37. The lowest BCUT2D eigenvalue weighted by Gasteiger charge is -2.09. The Morgan fingerprint density at radius 3 is 2.95 bits per heavy atom. The van der Waals surface area contributed by atoms with Crippen molar-refractivity contribution >= 4 is 11.8 Å². The Balaban J connectivity index is 1.90. The third kappa shape index (κ3) is 4.55. The molecule has 0 unspecified atom stereocenters. The van der Waals surface area contributed by atoms with Gasteiger partial charge < -0.3 is 19.8 Å². The monoisotopic (exact) mass is 276 g/mol. The fourth-order valence-electron chi connectivity index (χ4n) is 1.75. The van der Waals surface area contributed by atoms with Gasteiger partial charge in [0.15, 0.2) is 0 Å². The van der Waals surface area contributed by atoms with Gasteiger partial charge in [-0.3, -0.25) is 0 Å². The quantitative estimate of drug-likeness (QED) is 0.721. The summed E-state index contributed by atoms with van der Waals surface area (Å²) in [6.07, 6.45) is 2.59. The van der Waals surface area contributed by atoms with E-state index >= 15 is 0 Å². The van der Waals surface area contributed by atoms with Crippen molar-refractivity contribution in [2.24, 2.45) is 0 Å². The summed E-state index contributed by atoms with van der Waals surface area (Å²) in [4.78, 5) is 8.76. The summed E-state index contributed by atoms with van der Waals surface area (Å²) in [7, 11) is 1.70. The van der Waals surface area contributed by atoms with Crippen molar-refractivity contribution in [1.29, 1.82) is 0 Å². The van der Waals surface area contributed by atoms with Crippen LogP contribution < -0.4 is 10.6 Å². The molecule has 2 aromatic heterocycles. The van der Waals surface area contributed by atoms with E-state index in [2.05, 4.69) is 20.6 Å². The largest absolute Gasteiger partial charge is 0.467 e.